The van der Waals surface area contributed by atoms with Crippen molar-refractivity contribution >= 4 is 29.1 Å². The van der Waals surface area contributed by atoms with Gasteiger partial charge in [0.05, 0.1) is 18.4 Å². The highest BCUT2D eigenvalue weighted by Gasteiger charge is 2.10. The van der Waals surface area contributed by atoms with Gasteiger partial charge in [0.2, 0.25) is 5.95 Å². The Morgan fingerprint density at radius 3 is 2.65 bits per heavy atom. The van der Waals surface area contributed by atoms with Crippen molar-refractivity contribution < 1.29 is 19.7 Å². The van der Waals surface area contributed by atoms with Crippen LogP contribution in [0.25, 0.3) is 0 Å². The van der Waals surface area contributed by atoms with Gasteiger partial charge in [-0.1, -0.05) is 12.1 Å². The van der Waals surface area contributed by atoms with E-state index in [0.29, 0.717) is 22.9 Å². The number of carbonyl (C=O) groups is 1. The van der Waals surface area contributed by atoms with Crippen molar-refractivity contribution in [3.8, 4) is 11.5 Å². The fourth-order valence-electron chi connectivity index (χ4n) is 2.30. The van der Waals surface area contributed by atoms with Crippen LogP contribution in [0.3, 0.4) is 0 Å². The molecule has 0 saturated heterocycles. The highest BCUT2D eigenvalue weighted by molar-refractivity contribution is 5.95. The van der Waals surface area contributed by atoms with Crippen molar-refractivity contribution in [1.82, 2.24) is 9.97 Å². The zero-order chi connectivity index (χ0) is 18.5. The molecule has 3 aromatic rings. The number of aromatic carboxylic acids is 1. The minimum atomic E-state index is -1.03. The standard InChI is InChI=1S/C18H16N4O4/c1-26-15-7-6-11(10-14(15)23)20-18-19-9-8-16(22-18)21-13-5-3-2-4-12(13)17(24)25/h2-10,23H,1H3,(H,24,25)(H2,19,20,21,22). The summed E-state index contributed by atoms with van der Waals surface area (Å²) in [6, 6.07) is 13.0. The lowest BCUT2D eigenvalue weighted by Gasteiger charge is -2.11. The van der Waals surface area contributed by atoms with Crippen molar-refractivity contribution in [1.29, 1.82) is 0 Å². The van der Waals surface area contributed by atoms with E-state index in [9.17, 15) is 15.0 Å². The molecule has 0 radical (unpaired) electrons. The maximum Gasteiger partial charge on any atom is 0.337 e. The Labute approximate surface area is 149 Å². The molecule has 0 bridgehead atoms. The summed E-state index contributed by atoms with van der Waals surface area (Å²) in [5.41, 5.74) is 1.14. The van der Waals surface area contributed by atoms with Crippen molar-refractivity contribution in [2.75, 3.05) is 17.7 Å². The van der Waals surface area contributed by atoms with Crippen LogP contribution in [0.4, 0.5) is 23.1 Å². The average molecular weight is 352 g/mol. The Morgan fingerprint density at radius 1 is 1.12 bits per heavy atom. The number of phenolic OH excluding ortho intramolecular Hbond substituents is 1. The number of ether oxygens (including phenoxy) is 1. The van der Waals surface area contributed by atoms with Gasteiger partial charge in [0.15, 0.2) is 11.5 Å². The van der Waals surface area contributed by atoms with Crippen LogP contribution < -0.4 is 15.4 Å². The number of aromatic hydroxyl groups is 1. The minimum Gasteiger partial charge on any atom is -0.504 e. The average Bonchev–Trinajstić information content (AvgIpc) is 2.62. The number of aromatic nitrogens is 2. The molecule has 0 aliphatic carbocycles. The molecule has 4 N–H and O–H groups in total. The Balaban J connectivity index is 1.81. The van der Waals surface area contributed by atoms with Gasteiger partial charge >= 0.3 is 5.97 Å². The van der Waals surface area contributed by atoms with E-state index in [1.165, 1.54) is 25.4 Å². The van der Waals surface area contributed by atoms with E-state index in [1.54, 1.807) is 36.4 Å². The maximum atomic E-state index is 11.3. The molecule has 0 unspecified atom stereocenters. The number of para-hydroxylation sites is 1. The topological polar surface area (TPSA) is 117 Å². The molecule has 2 aromatic carbocycles. The molecule has 0 fully saturated rings. The van der Waals surface area contributed by atoms with Gasteiger partial charge in [-0.3, -0.25) is 0 Å². The summed E-state index contributed by atoms with van der Waals surface area (Å²) in [5.74, 6) is 0.0230. The number of rotatable bonds is 6. The predicted octanol–water partition coefficient (Wildman–Crippen LogP) is 3.38. The normalized spacial score (nSPS) is 10.2. The van der Waals surface area contributed by atoms with Gasteiger partial charge in [-0.25, -0.2) is 9.78 Å². The van der Waals surface area contributed by atoms with Crippen molar-refractivity contribution in [2.45, 2.75) is 0 Å². The number of hydrogen-bond acceptors (Lipinski definition) is 7. The minimum absolute atomic E-state index is 0.0119. The zero-order valence-electron chi connectivity index (χ0n) is 13.8. The molecular formula is C18H16N4O4. The Morgan fingerprint density at radius 2 is 1.92 bits per heavy atom. The van der Waals surface area contributed by atoms with E-state index in [4.69, 9.17) is 4.74 Å². The first-order valence-corrected chi connectivity index (χ1v) is 7.63. The van der Waals surface area contributed by atoms with Crippen LogP contribution in [0.2, 0.25) is 0 Å². The lowest BCUT2D eigenvalue weighted by atomic mass is 10.2. The number of phenols is 1. The first-order valence-electron chi connectivity index (χ1n) is 7.63. The molecule has 1 heterocycles. The summed E-state index contributed by atoms with van der Waals surface area (Å²) in [6.07, 6.45) is 1.53. The van der Waals surface area contributed by atoms with Crippen LogP contribution in [-0.2, 0) is 0 Å². The number of anilines is 4. The molecule has 8 heteroatoms. The van der Waals surface area contributed by atoms with E-state index < -0.39 is 5.97 Å². The molecule has 0 atom stereocenters. The van der Waals surface area contributed by atoms with E-state index in [2.05, 4.69) is 20.6 Å². The first kappa shape index (κ1) is 17.0. The van der Waals surface area contributed by atoms with E-state index >= 15 is 0 Å². The van der Waals surface area contributed by atoms with E-state index in [1.807, 2.05) is 0 Å². The lowest BCUT2D eigenvalue weighted by Crippen LogP contribution is -2.04. The third kappa shape index (κ3) is 3.81. The predicted molar refractivity (Wildman–Crippen MR) is 96.7 cm³/mol. The van der Waals surface area contributed by atoms with Crippen LogP contribution in [-0.4, -0.2) is 33.3 Å². The van der Waals surface area contributed by atoms with Gasteiger partial charge in [-0.2, -0.15) is 4.98 Å². The molecular weight excluding hydrogens is 336 g/mol. The van der Waals surface area contributed by atoms with Gasteiger partial charge in [-0.15, -0.1) is 0 Å². The lowest BCUT2D eigenvalue weighted by molar-refractivity contribution is 0.0698. The second-order valence-corrected chi connectivity index (χ2v) is 5.25. The molecule has 8 nitrogen and oxygen atoms in total. The second kappa shape index (κ2) is 7.39. The molecule has 0 amide bonds. The summed E-state index contributed by atoms with van der Waals surface area (Å²) in [6.45, 7) is 0. The molecule has 3 rings (SSSR count). The summed E-state index contributed by atoms with van der Waals surface area (Å²) in [5, 5.41) is 25.0. The molecule has 132 valence electrons. The SMILES string of the molecule is COc1ccc(Nc2nccc(Nc3ccccc3C(=O)O)n2)cc1O. The molecule has 0 saturated carbocycles. The van der Waals surface area contributed by atoms with Crippen LogP contribution in [0.5, 0.6) is 11.5 Å². The Bertz CT molecular complexity index is 946. The summed E-state index contributed by atoms with van der Waals surface area (Å²) < 4.78 is 5.00. The number of carboxylic acid groups (broad SMARTS) is 1. The molecule has 26 heavy (non-hydrogen) atoms. The van der Waals surface area contributed by atoms with Crippen LogP contribution >= 0.6 is 0 Å². The van der Waals surface area contributed by atoms with E-state index in [0.717, 1.165) is 0 Å². The number of carboxylic acids is 1. The van der Waals surface area contributed by atoms with Gasteiger partial charge in [0.25, 0.3) is 0 Å². The highest BCUT2D eigenvalue weighted by atomic mass is 16.5. The van der Waals surface area contributed by atoms with Crippen LogP contribution in [0, 0.1) is 0 Å². The fourth-order valence-corrected chi connectivity index (χ4v) is 2.30. The van der Waals surface area contributed by atoms with Gasteiger partial charge in [0.1, 0.15) is 5.82 Å². The molecule has 1 aromatic heterocycles. The van der Waals surface area contributed by atoms with Crippen LogP contribution in [0.1, 0.15) is 10.4 Å². The van der Waals surface area contributed by atoms with Crippen molar-refractivity contribution in [2.24, 2.45) is 0 Å². The van der Waals surface area contributed by atoms with Gasteiger partial charge < -0.3 is 25.6 Å². The number of nitrogens with one attached hydrogen (secondary N) is 2. The summed E-state index contributed by atoms with van der Waals surface area (Å²) in [4.78, 5) is 19.7. The molecule has 0 aliphatic rings. The monoisotopic (exact) mass is 352 g/mol. The van der Waals surface area contributed by atoms with Gasteiger partial charge in [-0.05, 0) is 30.3 Å². The number of hydrogen-bond donors (Lipinski definition) is 4. The number of nitrogens with zero attached hydrogens (tertiary/aromatic N) is 2. The highest BCUT2D eigenvalue weighted by Crippen LogP contribution is 2.29. The third-order valence-corrected chi connectivity index (χ3v) is 3.51. The second-order valence-electron chi connectivity index (χ2n) is 5.25. The van der Waals surface area contributed by atoms with Crippen molar-refractivity contribution in [3.63, 3.8) is 0 Å². The van der Waals surface area contributed by atoms with Crippen LogP contribution in [0.15, 0.2) is 54.7 Å². The fraction of sp³-hybridized carbons (Fsp3) is 0.0556. The largest absolute Gasteiger partial charge is 0.504 e. The Kier molecular flexibility index (Phi) is 4.84. The Hall–Kier alpha value is -3.81. The summed E-state index contributed by atoms with van der Waals surface area (Å²) in [7, 11) is 1.47. The third-order valence-electron chi connectivity index (χ3n) is 3.51. The summed E-state index contributed by atoms with van der Waals surface area (Å²) >= 11 is 0. The van der Waals surface area contributed by atoms with E-state index in [-0.39, 0.29) is 17.3 Å². The van der Waals surface area contributed by atoms with Crippen molar-refractivity contribution in [3.05, 3.63) is 60.3 Å². The number of methoxy groups -OCH3 is 1. The smallest absolute Gasteiger partial charge is 0.337 e. The maximum absolute atomic E-state index is 11.3. The van der Waals surface area contributed by atoms with Gasteiger partial charge in [0, 0.05) is 18.0 Å². The number of benzene rings is 2. The quantitative estimate of drug-likeness (QED) is 0.533. The first-order chi connectivity index (χ1) is 12.6. The molecule has 0 spiro atoms. The zero-order valence-corrected chi connectivity index (χ0v) is 13.8. The molecule has 0 aliphatic heterocycles.